The van der Waals surface area contributed by atoms with Gasteiger partial charge >= 0.3 is 5.97 Å². The molecule has 0 spiro atoms. The molecule has 0 saturated carbocycles. The van der Waals surface area contributed by atoms with E-state index in [4.69, 9.17) is 16.3 Å². The number of nitrogens with zero attached hydrogens (tertiary/aromatic N) is 2. The maximum Gasteiger partial charge on any atom is 0.343 e. The number of esters is 1. The van der Waals surface area contributed by atoms with Gasteiger partial charge in [0.2, 0.25) is 5.78 Å². The van der Waals surface area contributed by atoms with Crippen molar-refractivity contribution in [1.82, 2.24) is 9.88 Å². The summed E-state index contributed by atoms with van der Waals surface area (Å²) in [7, 11) is 3.41. The molecular formula is C13H15ClN2O3. The summed E-state index contributed by atoms with van der Waals surface area (Å²) in [5.74, 6) is -1.19. The molecule has 0 aromatic carbocycles. The van der Waals surface area contributed by atoms with Crippen LogP contribution in [0.5, 0.6) is 0 Å². The lowest BCUT2D eigenvalue weighted by molar-refractivity contribution is -0.138. The summed E-state index contributed by atoms with van der Waals surface area (Å²) >= 11 is 5.86. The van der Waals surface area contributed by atoms with Crippen LogP contribution in [0.3, 0.4) is 0 Å². The van der Waals surface area contributed by atoms with Crippen molar-refractivity contribution >= 4 is 23.4 Å². The zero-order chi connectivity index (χ0) is 14.4. The van der Waals surface area contributed by atoms with Crippen LogP contribution < -0.4 is 0 Å². The average Bonchev–Trinajstić information content (AvgIpc) is 2.36. The molecule has 0 aliphatic rings. The van der Waals surface area contributed by atoms with Gasteiger partial charge in [-0.1, -0.05) is 11.6 Å². The summed E-state index contributed by atoms with van der Waals surface area (Å²) in [6.45, 7) is 1.87. The largest absolute Gasteiger partial charge is 0.462 e. The Bertz CT molecular complexity index is 512. The molecule has 102 valence electrons. The van der Waals surface area contributed by atoms with Crippen LogP contribution in [0.2, 0.25) is 5.15 Å². The molecule has 0 fully saturated rings. The molecule has 19 heavy (non-hydrogen) atoms. The second-order valence-electron chi connectivity index (χ2n) is 3.90. The van der Waals surface area contributed by atoms with E-state index in [1.165, 1.54) is 18.5 Å². The van der Waals surface area contributed by atoms with Gasteiger partial charge in [-0.15, -0.1) is 0 Å². The van der Waals surface area contributed by atoms with E-state index in [1.54, 1.807) is 32.0 Å². The van der Waals surface area contributed by atoms with Crippen LogP contribution in [-0.4, -0.2) is 42.3 Å². The normalized spacial score (nSPS) is 11.1. The Morgan fingerprint density at radius 3 is 2.68 bits per heavy atom. The van der Waals surface area contributed by atoms with E-state index in [-0.39, 0.29) is 22.9 Å². The molecule has 0 aliphatic heterocycles. The second-order valence-corrected chi connectivity index (χ2v) is 4.26. The number of hydrogen-bond donors (Lipinski definition) is 0. The van der Waals surface area contributed by atoms with Crippen LogP contribution in [0.25, 0.3) is 0 Å². The summed E-state index contributed by atoms with van der Waals surface area (Å²) in [4.78, 5) is 29.5. The standard InChI is InChI=1S/C13H15ClN2O3/c1-4-19-13(18)10(8-16(2)3)11(17)9-6-5-7-15-12(9)14/h5-8H,4H2,1-3H3/b10-8+. The predicted octanol–water partition coefficient (Wildman–Crippen LogP) is 1.93. The minimum absolute atomic E-state index is 0.0569. The van der Waals surface area contributed by atoms with Crippen molar-refractivity contribution in [2.24, 2.45) is 0 Å². The minimum Gasteiger partial charge on any atom is -0.462 e. The van der Waals surface area contributed by atoms with Gasteiger partial charge in [-0.3, -0.25) is 4.79 Å². The fraction of sp³-hybridized carbons (Fsp3) is 0.308. The molecule has 0 unspecified atom stereocenters. The van der Waals surface area contributed by atoms with Crippen molar-refractivity contribution in [3.63, 3.8) is 0 Å². The molecule has 0 atom stereocenters. The molecule has 0 N–H and O–H groups in total. The molecule has 6 heteroatoms. The molecule has 0 bridgehead atoms. The van der Waals surface area contributed by atoms with Gasteiger partial charge in [0.1, 0.15) is 10.7 Å². The lowest BCUT2D eigenvalue weighted by Gasteiger charge is -2.11. The lowest BCUT2D eigenvalue weighted by atomic mass is 10.1. The first kappa shape index (κ1) is 15.2. The highest BCUT2D eigenvalue weighted by atomic mass is 35.5. The maximum absolute atomic E-state index is 12.3. The highest BCUT2D eigenvalue weighted by Gasteiger charge is 2.23. The van der Waals surface area contributed by atoms with Gasteiger partial charge < -0.3 is 9.64 Å². The van der Waals surface area contributed by atoms with E-state index in [0.29, 0.717) is 0 Å². The zero-order valence-corrected chi connectivity index (χ0v) is 11.8. The van der Waals surface area contributed by atoms with Crippen molar-refractivity contribution < 1.29 is 14.3 Å². The Morgan fingerprint density at radius 2 is 2.16 bits per heavy atom. The number of carbonyl (C=O) groups is 2. The first-order valence-corrected chi connectivity index (χ1v) is 6.05. The van der Waals surface area contributed by atoms with Crippen molar-refractivity contribution in [3.05, 3.63) is 40.8 Å². The predicted molar refractivity (Wildman–Crippen MR) is 72.0 cm³/mol. The van der Waals surface area contributed by atoms with Crippen LogP contribution in [0, 0.1) is 0 Å². The first-order chi connectivity index (χ1) is 8.97. The van der Waals surface area contributed by atoms with Crippen LogP contribution in [0.1, 0.15) is 17.3 Å². The number of carbonyl (C=O) groups excluding carboxylic acids is 2. The quantitative estimate of drug-likeness (QED) is 0.206. The van der Waals surface area contributed by atoms with Gasteiger partial charge in [-0.05, 0) is 19.1 Å². The number of ether oxygens (including phenoxy) is 1. The van der Waals surface area contributed by atoms with E-state index >= 15 is 0 Å². The number of Topliss-reactive ketones (excluding diaryl/α,β-unsaturated/α-hetero) is 1. The van der Waals surface area contributed by atoms with Crippen LogP contribution >= 0.6 is 11.6 Å². The van der Waals surface area contributed by atoms with Crippen molar-refractivity contribution in [2.45, 2.75) is 6.92 Å². The van der Waals surface area contributed by atoms with E-state index in [0.717, 1.165) is 0 Å². The third-order valence-electron chi connectivity index (χ3n) is 2.13. The Labute approximate surface area is 116 Å². The zero-order valence-electron chi connectivity index (χ0n) is 11.0. The molecule has 0 radical (unpaired) electrons. The van der Waals surface area contributed by atoms with Gasteiger partial charge in [-0.25, -0.2) is 9.78 Å². The molecule has 1 aromatic heterocycles. The lowest BCUT2D eigenvalue weighted by Crippen LogP contribution is -2.19. The summed E-state index contributed by atoms with van der Waals surface area (Å²) < 4.78 is 4.87. The maximum atomic E-state index is 12.3. The minimum atomic E-state index is -0.680. The Balaban J connectivity index is 3.16. The molecule has 1 heterocycles. The third-order valence-corrected chi connectivity index (χ3v) is 2.43. The Hall–Kier alpha value is -1.88. The fourth-order valence-corrected chi connectivity index (χ4v) is 1.58. The summed E-state index contributed by atoms with van der Waals surface area (Å²) in [5, 5.41) is 0.0569. The molecule has 1 aromatic rings. The van der Waals surface area contributed by atoms with Crippen molar-refractivity contribution in [2.75, 3.05) is 20.7 Å². The monoisotopic (exact) mass is 282 g/mol. The highest BCUT2D eigenvalue weighted by Crippen LogP contribution is 2.17. The highest BCUT2D eigenvalue weighted by molar-refractivity contribution is 6.35. The fourth-order valence-electron chi connectivity index (χ4n) is 1.37. The van der Waals surface area contributed by atoms with E-state index < -0.39 is 11.8 Å². The van der Waals surface area contributed by atoms with E-state index in [9.17, 15) is 9.59 Å². The van der Waals surface area contributed by atoms with Gasteiger partial charge in [0.05, 0.1) is 12.2 Å². The summed E-state index contributed by atoms with van der Waals surface area (Å²) in [5.41, 5.74) is 0.0899. The number of ketones is 1. The van der Waals surface area contributed by atoms with Crippen LogP contribution in [-0.2, 0) is 9.53 Å². The molecular weight excluding hydrogens is 268 g/mol. The van der Waals surface area contributed by atoms with Gasteiger partial charge in [0, 0.05) is 26.5 Å². The topological polar surface area (TPSA) is 59.5 Å². The number of rotatable bonds is 5. The van der Waals surface area contributed by atoms with Crippen LogP contribution in [0.4, 0.5) is 0 Å². The average molecular weight is 283 g/mol. The van der Waals surface area contributed by atoms with Crippen molar-refractivity contribution in [1.29, 1.82) is 0 Å². The molecule has 5 nitrogen and oxygen atoms in total. The van der Waals surface area contributed by atoms with Gasteiger partial charge in [0.25, 0.3) is 0 Å². The number of pyridine rings is 1. The summed E-state index contributed by atoms with van der Waals surface area (Å²) in [6.07, 6.45) is 2.88. The van der Waals surface area contributed by atoms with Crippen LogP contribution in [0.15, 0.2) is 30.1 Å². The number of hydrogen-bond acceptors (Lipinski definition) is 5. The summed E-state index contributed by atoms with van der Waals surface area (Å²) in [6, 6.07) is 3.10. The number of aromatic nitrogens is 1. The molecule has 0 amide bonds. The second kappa shape index (κ2) is 6.89. The SMILES string of the molecule is CCOC(=O)/C(=C/N(C)C)C(=O)c1cccnc1Cl. The number of halogens is 1. The molecule has 1 rings (SSSR count). The Kier molecular flexibility index (Phi) is 5.51. The molecule has 0 saturated heterocycles. The molecule has 0 aliphatic carbocycles. The van der Waals surface area contributed by atoms with E-state index in [1.807, 2.05) is 0 Å². The van der Waals surface area contributed by atoms with Gasteiger partial charge in [-0.2, -0.15) is 0 Å². The van der Waals surface area contributed by atoms with Gasteiger partial charge in [0.15, 0.2) is 0 Å². The third kappa shape index (κ3) is 4.06. The van der Waals surface area contributed by atoms with E-state index in [2.05, 4.69) is 4.98 Å². The first-order valence-electron chi connectivity index (χ1n) is 5.68. The Morgan fingerprint density at radius 1 is 1.47 bits per heavy atom. The smallest absolute Gasteiger partial charge is 0.343 e. The van der Waals surface area contributed by atoms with Crippen molar-refractivity contribution in [3.8, 4) is 0 Å².